The van der Waals surface area contributed by atoms with Gasteiger partial charge in [-0.05, 0) is 128 Å². The Kier molecular flexibility index (Phi) is 20.2. The van der Waals surface area contributed by atoms with E-state index in [1.54, 1.807) is 53.1 Å². The smallest absolute Gasteiger partial charge is 0.251 e. The van der Waals surface area contributed by atoms with Crippen molar-refractivity contribution in [3.05, 3.63) is 47.5 Å². The fourth-order valence-electron chi connectivity index (χ4n) is 10.5. The molecule has 0 radical (unpaired) electrons. The van der Waals surface area contributed by atoms with E-state index >= 15 is 0 Å². The van der Waals surface area contributed by atoms with Gasteiger partial charge in [-0.25, -0.2) is 0 Å². The van der Waals surface area contributed by atoms with Crippen LogP contribution in [0.4, 0.5) is 0 Å². The number of carbonyl (C=O) groups is 8. The predicted octanol–water partition coefficient (Wildman–Crippen LogP) is 3.06. The summed E-state index contributed by atoms with van der Waals surface area (Å²) >= 11 is 0. The van der Waals surface area contributed by atoms with Gasteiger partial charge in [0, 0.05) is 48.4 Å². The summed E-state index contributed by atoms with van der Waals surface area (Å²) in [4.78, 5) is 114. The monoisotopic (exact) mass is 989 g/mol. The summed E-state index contributed by atoms with van der Waals surface area (Å²) in [6.45, 7) is 18.5. The van der Waals surface area contributed by atoms with E-state index in [1.165, 1.54) is 22.3 Å². The van der Waals surface area contributed by atoms with Crippen molar-refractivity contribution < 1.29 is 38.4 Å². The Bertz CT molecular complexity index is 2100. The van der Waals surface area contributed by atoms with Gasteiger partial charge in [0.15, 0.2) is 0 Å². The van der Waals surface area contributed by atoms with Gasteiger partial charge in [-0.15, -0.1) is 0 Å². The molecule has 394 valence electrons. The maximum Gasteiger partial charge on any atom is 0.251 e. The molecule has 8 amide bonds. The Labute approximate surface area is 421 Å². The standard InChI is InChI=1S/C53H84N10O8/c1-30(2)43(60-45(64)33(5)54-10)51(70)62-28-39(26-41(62)49(68)56-31(3)35-19-14-12-15-20-35)58-47(66)37-23-18-24-38(25-37)48(67)59-40-27-42(50(69)57-32(4)36-21-16-13-17-22-36)63(29-40)52(71)44(53(7,8)9)61-46(65)34(6)55-11/h18,23-25,31-36,39-44,54-55H,1,12-17,19-22,26-29H2,2-11H3,(H,56,68)(H,57,69)(H,58,66)(H,59,67)(H,60,64)(H,61,65)/t31-,32-,33+,34+,39+,40+,41+,42+,43+,44-/m1/s1. The van der Waals surface area contributed by atoms with Crippen molar-refractivity contribution in [2.45, 2.75) is 193 Å². The number of rotatable bonds is 19. The van der Waals surface area contributed by atoms with Gasteiger partial charge in [0.1, 0.15) is 24.2 Å². The molecule has 2 aliphatic carbocycles. The molecule has 18 heteroatoms. The summed E-state index contributed by atoms with van der Waals surface area (Å²) in [7, 11) is 3.29. The third-order valence-electron chi connectivity index (χ3n) is 15.4. The first-order valence-electron chi connectivity index (χ1n) is 26.1. The van der Waals surface area contributed by atoms with Gasteiger partial charge in [0.05, 0.1) is 12.1 Å². The summed E-state index contributed by atoms with van der Waals surface area (Å²) in [5.41, 5.74) is 0.00493. The first kappa shape index (κ1) is 56.6. The Hall–Kier alpha value is -5.36. The lowest BCUT2D eigenvalue weighted by atomic mass is 9.84. The van der Waals surface area contributed by atoms with Crippen molar-refractivity contribution in [2.24, 2.45) is 17.3 Å². The first-order chi connectivity index (χ1) is 33.5. The number of nitrogens with zero attached hydrogens (tertiary/aromatic N) is 2. The first-order valence-corrected chi connectivity index (χ1v) is 26.1. The number of amides is 8. The summed E-state index contributed by atoms with van der Waals surface area (Å²) in [6, 6.07) is -0.471. The van der Waals surface area contributed by atoms with Crippen LogP contribution in [0.1, 0.15) is 153 Å². The fraction of sp³-hybridized carbons (Fsp3) is 0.698. The molecule has 10 atom stereocenters. The van der Waals surface area contributed by atoms with Crippen molar-refractivity contribution >= 4 is 47.3 Å². The molecule has 71 heavy (non-hydrogen) atoms. The van der Waals surface area contributed by atoms with Gasteiger partial charge in [0.2, 0.25) is 35.4 Å². The molecule has 2 heterocycles. The van der Waals surface area contributed by atoms with E-state index in [2.05, 4.69) is 49.1 Å². The molecule has 1 aromatic carbocycles. The second kappa shape index (κ2) is 25.3. The van der Waals surface area contributed by atoms with Crippen LogP contribution in [0.25, 0.3) is 0 Å². The molecule has 0 unspecified atom stereocenters. The molecule has 5 rings (SSSR count). The zero-order valence-corrected chi connectivity index (χ0v) is 44.0. The lowest BCUT2D eigenvalue weighted by Crippen LogP contribution is -2.60. The van der Waals surface area contributed by atoms with Gasteiger partial charge < -0.3 is 52.3 Å². The quantitative estimate of drug-likeness (QED) is 0.0944. The highest BCUT2D eigenvalue weighted by molar-refractivity contribution is 6.01. The summed E-state index contributed by atoms with van der Waals surface area (Å²) in [5.74, 6) is -2.77. The van der Waals surface area contributed by atoms with Gasteiger partial charge in [-0.1, -0.05) is 71.9 Å². The van der Waals surface area contributed by atoms with Crippen molar-refractivity contribution in [1.82, 2.24) is 52.3 Å². The van der Waals surface area contributed by atoms with E-state index in [9.17, 15) is 38.4 Å². The van der Waals surface area contributed by atoms with Crippen LogP contribution < -0.4 is 42.5 Å². The number of hydrogen-bond acceptors (Lipinski definition) is 10. The van der Waals surface area contributed by atoms with Crippen molar-refractivity contribution in [3.63, 3.8) is 0 Å². The average Bonchev–Trinajstić information content (AvgIpc) is 3.98. The maximum absolute atomic E-state index is 14.6. The van der Waals surface area contributed by atoms with Crippen LogP contribution in [0.3, 0.4) is 0 Å². The summed E-state index contributed by atoms with van der Waals surface area (Å²) < 4.78 is 0. The molecule has 0 bridgehead atoms. The van der Waals surface area contributed by atoms with E-state index in [-0.39, 0.29) is 66.9 Å². The maximum atomic E-state index is 14.6. The van der Waals surface area contributed by atoms with Crippen molar-refractivity contribution in [1.29, 1.82) is 0 Å². The molecular formula is C53H84N10O8. The second-order valence-electron chi connectivity index (χ2n) is 21.9. The van der Waals surface area contributed by atoms with E-state index in [0.717, 1.165) is 57.8 Å². The highest BCUT2D eigenvalue weighted by Crippen LogP contribution is 2.31. The fourth-order valence-corrected chi connectivity index (χ4v) is 10.5. The van der Waals surface area contributed by atoms with Gasteiger partial charge in [-0.2, -0.15) is 0 Å². The molecule has 2 saturated heterocycles. The molecule has 2 saturated carbocycles. The number of likely N-dealkylation sites (N-methyl/N-ethyl adjacent to an activating group) is 2. The Balaban J connectivity index is 1.32. The van der Waals surface area contributed by atoms with Gasteiger partial charge in [0.25, 0.3) is 11.8 Å². The van der Waals surface area contributed by atoms with Crippen LogP contribution in [-0.4, -0.2) is 145 Å². The molecular weight excluding hydrogens is 905 g/mol. The topological polar surface area (TPSA) is 239 Å². The predicted molar refractivity (Wildman–Crippen MR) is 273 cm³/mol. The number of nitrogens with one attached hydrogen (secondary N) is 8. The molecule has 0 aromatic heterocycles. The van der Waals surface area contributed by atoms with Crippen LogP contribution in [0, 0.1) is 17.3 Å². The van der Waals surface area contributed by atoms with Gasteiger partial charge in [-0.3, -0.25) is 38.4 Å². The molecule has 0 spiro atoms. The molecule has 1 aromatic rings. The van der Waals surface area contributed by atoms with Crippen molar-refractivity contribution in [3.8, 4) is 0 Å². The Morgan fingerprint density at radius 3 is 1.41 bits per heavy atom. The molecule has 4 fully saturated rings. The number of likely N-dealkylation sites (tertiary alicyclic amines) is 2. The van der Waals surface area contributed by atoms with E-state index < -0.39 is 83.3 Å². The Morgan fingerprint density at radius 1 is 0.606 bits per heavy atom. The van der Waals surface area contributed by atoms with Crippen LogP contribution in [0.2, 0.25) is 0 Å². The van der Waals surface area contributed by atoms with Crippen molar-refractivity contribution in [2.75, 3.05) is 27.2 Å². The van der Waals surface area contributed by atoms with Crippen LogP contribution in [0.15, 0.2) is 36.4 Å². The molecule has 18 nitrogen and oxygen atoms in total. The highest BCUT2D eigenvalue weighted by atomic mass is 16.2. The lowest BCUT2D eigenvalue weighted by Gasteiger charge is -2.36. The van der Waals surface area contributed by atoms with Gasteiger partial charge >= 0.3 is 0 Å². The normalized spacial score (nSPS) is 23.5. The third-order valence-corrected chi connectivity index (χ3v) is 15.4. The number of benzene rings is 1. The van der Waals surface area contributed by atoms with Crippen LogP contribution in [-0.2, 0) is 28.8 Å². The zero-order chi connectivity index (χ0) is 52.3. The molecule has 8 N–H and O–H groups in total. The molecule has 2 aliphatic heterocycles. The minimum absolute atomic E-state index is 0.0127. The van der Waals surface area contributed by atoms with Crippen LogP contribution in [0.5, 0.6) is 0 Å². The second-order valence-corrected chi connectivity index (χ2v) is 21.9. The average molecular weight is 989 g/mol. The third kappa shape index (κ3) is 14.9. The SMILES string of the molecule is C=C(C)[C@H](NC(=O)[C@H](C)NC)C(=O)N1C[C@@H](NC(=O)c2cccc(C(=O)N[C@H]3C[C@@H](C(=O)N[C@H](C)C4CCCCC4)N(C(=O)[C@@H](NC(=O)[C@H](C)NC)C(C)(C)C)C3)c2)C[C@H]1C(=O)N[C@H](C)C1CCCCC1. The summed E-state index contributed by atoms with van der Waals surface area (Å²) in [5, 5.41) is 23.8. The van der Waals surface area contributed by atoms with E-state index in [0.29, 0.717) is 17.4 Å². The van der Waals surface area contributed by atoms with Crippen LogP contribution >= 0.6 is 0 Å². The largest absolute Gasteiger partial charge is 0.352 e. The Morgan fingerprint density at radius 2 is 1.01 bits per heavy atom. The lowest BCUT2D eigenvalue weighted by molar-refractivity contribution is -0.144. The minimum Gasteiger partial charge on any atom is -0.352 e. The summed E-state index contributed by atoms with van der Waals surface area (Å²) in [6.07, 6.45) is 11.0. The molecule has 4 aliphatic rings. The van der Waals surface area contributed by atoms with E-state index in [4.69, 9.17) is 0 Å². The minimum atomic E-state index is -1.11. The highest BCUT2D eigenvalue weighted by Gasteiger charge is 2.47. The van der Waals surface area contributed by atoms with E-state index in [1.807, 2.05) is 34.6 Å². The number of carbonyl (C=O) groups excluding carboxylic acids is 8. The number of hydrogen-bond donors (Lipinski definition) is 8. The zero-order valence-electron chi connectivity index (χ0n) is 44.0.